The third kappa shape index (κ3) is 5.11. The summed E-state index contributed by atoms with van der Waals surface area (Å²) in [6.45, 7) is 8.52. The van der Waals surface area contributed by atoms with Crippen molar-refractivity contribution in [2.24, 2.45) is 0 Å². The lowest BCUT2D eigenvalue weighted by Crippen LogP contribution is -2.21. The van der Waals surface area contributed by atoms with E-state index in [0.29, 0.717) is 6.61 Å². The third-order valence-corrected chi connectivity index (χ3v) is 4.08. The number of halogens is 1. The van der Waals surface area contributed by atoms with E-state index in [-0.39, 0.29) is 0 Å². The Bertz CT molecular complexity index is 283. The van der Waals surface area contributed by atoms with Crippen molar-refractivity contribution in [1.82, 2.24) is 9.97 Å². The Morgan fingerprint density at radius 2 is 2.21 bits per heavy atom. The summed E-state index contributed by atoms with van der Waals surface area (Å²) in [5.41, 5.74) is 0. The average molecular weight is 324 g/mol. The van der Waals surface area contributed by atoms with E-state index >= 15 is 0 Å². The molecule has 0 amide bonds. The highest BCUT2D eigenvalue weighted by Gasteiger charge is 2.12. The second-order valence-electron chi connectivity index (χ2n) is 4.54. The molecule has 80 valence electrons. The molecule has 0 saturated carbocycles. The van der Waals surface area contributed by atoms with Crippen LogP contribution in [0.1, 0.15) is 5.82 Å². The fourth-order valence-corrected chi connectivity index (χ4v) is 2.16. The van der Waals surface area contributed by atoms with Gasteiger partial charge in [0.15, 0.2) is 0 Å². The van der Waals surface area contributed by atoms with Gasteiger partial charge < -0.3 is 9.72 Å². The number of aromatic amines is 1. The van der Waals surface area contributed by atoms with Gasteiger partial charge in [-0.2, -0.15) is 0 Å². The van der Waals surface area contributed by atoms with Crippen LogP contribution in [0.5, 0.6) is 0 Å². The number of nitrogens with zero attached hydrogens (tertiary/aromatic N) is 1. The predicted molar refractivity (Wildman–Crippen MR) is 69.1 cm³/mol. The number of ether oxygens (including phenoxy) is 1. The van der Waals surface area contributed by atoms with Crippen LogP contribution >= 0.6 is 22.6 Å². The number of aromatic nitrogens is 2. The van der Waals surface area contributed by atoms with E-state index in [1.54, 1.807) is 0 Å². The second-order valence-corrected chi connectivity index (χ2v) is 11.3. The minimum atomic E-state index is -0.947. The van der Waals surface area contributed by atoms with Crippen LogP contribution in [0.4, 0.5) is 0 Å². The van der Waals surface area contributed by atoms with E-state index in [4.69, 9.17) is 4.74 Å². The minimum absolute atomic E-state index is 0.605. The highest BCUT2D eigenvalue weighted by molar-refractivity contribution is 14.1. The van der Waals surface area contributed by atoms with Crippen molar-refractivity contribution in [3.63, 3.8) is 0 Å². The standard InChI is InChI=1S/C9H17IN2OSi/c1-14(2,3)5-4-13-7-9-11-6-8(10)12-9/h6H,4-5,7H2,1-3H3,(H,11,12). The summed E-state index contributed by atoms with van der Waals surface area (Å²) in [5.74, 6) is 0.921. The molecule has 5 heteroatoms. The molecule has 0 unspecified atom stereocenters. The fraction of sp³-hybridized carbons (Fsp3) is 0.667. The molecule has 0 aliphatic heterocycles. The van der Waals surface area contributed by atoms with Crippen LogP contribution in [0.2, 0.25) is 25.7 Å². The second kappa shape index (κ2) is 5.27. The number of hydrogen-bond donors (Lipinski definition) is 1. The van der Waals surface area contributed by atoms with Crippen molar-refractivity contribution in [2.75, 3.05) is 6.61 Å². The molecular weight excluding hydrogens is 307 g/mol. The summed E-state index contributed by atoms with van der Waals surface area (Å²) in [6, 6.07) is 1.21. The lowest BCUT2D eigenvalue weighted by atomic mass is 10.7. The van der Waals surface area contributed by atoms with Crippen LogP contribution in [0.3, 0.4) is 0 Å². The van der Waals surface area contributed by atoms with Crippen LogP contribution in [-0.4, -0.2) is 24.6 Å². The Morgan fingerprint density at radius 3 is 2.71 bits per heavy atom. The SMILES string of the molecule is C[Si](C)(C)CCOCc1ncc(I)[nH]1. The van der Waals surface area contributed by atoms with Crippen LogP contribution in [0.25, 0.3) is 0 Å². The van der Waals surface area contributed by atoms with Gasteiger partial charge in [-0.15, -0.1) is 0 Å². The zero-order valence-electron chi connectivity index (χ0n) is 8.93. The molecule has 1 N–H and O–H groups in total. The molecule has 0 aliphatic carbocycles. The van der Waals surface area contributed by atoms with Crippen LogP contribution < -0.4 is 0 Å². The van der Waals surface area contributed by atoms with Crippen molar-refractivity contribution in [3.8, 4) is 0 Å². The molecule has 0 spiro atoms. The summed E-state index contributed by atoms with van der Waals surface area (Å²) in [4.78, 5) is 7.31. The third-order valence-electron chi connectivity index (χ3n) is 1.83. The maximum absolute atomic E-state index is 5.55. The van der Waals surface area contributed by atoms with E-state index < -0.39 is 8.07 Å². The summed E-state index contributed by atoms with van der Waals surface area (Å²) in [5, 5.41) is 0. The molecule has 0 radical (unpaired) electrons. The normalized spacial score (nSPS) is 12.0. The fourth-order valence-electron chi connectivity index (χ4n) is 0.958. The summed E-state index contributed by atoms with van der Waals surface area (Å²) in [7, 11) is -0.947. The molecule has 0 aromatic carbocycles. The number of H-pyrrole nitrogens is 1. The van der Waals surface area contributed by atoms with Gasteiger partial charge in [0.1, 0.15) is 12.4 Å². The maximum Gasteiger partial charge on any atom is 0.132 e. The van der Waals surface area contributed by atoms with Crippen molar-refractivity contribution in [1.29, 1.82) is 0 Å². The largest absolute Gasteiger partial charge is 0.374 e. The van der Waals surface area contributed by atoms with Gasteiger partial charge in [-0.1, -0.05) is 19.6 Å². The van der Waals surface area contributed by atoms with Gasteiger partial charge in [0, 0.05) is 14.7 Å². The van der Waals surface area contributed by atoms with Crippen molar-refractivity contribution < 1.29 is 4.74 Å². The molecule has 14 heavy (non-hydrogen) atoms. The molecule has 1 aromatic heterocycles. The first-order valence-electron chi connectivity index (χ1n) is 4.74. The lowest BCUT2D eigenvalue weighted by molar-refractivity contribution is 0.128. The Labute approximate surface area is 99.8 Å². The first-order valence-corrected chi connectivity index (χ1v) is 9.53. The summed E-state index contributed by atoms with van der Waals surface area (Å²) >= 11 is 2.21. The monoisotopic (exact) mass is 324 g/mol. The highest BCUT2D eigenvalue weighted by Crippen LogP contribution is 2.08. The molecule has 1 heterocycles. The molecule has 0 fully saturated rings. The van der Waals surface area contributed by atoms with Crippen LogP contribution in [0, 0.1) is 3.70 Å². The minimum Gasteiger partial charge on any atom is -0.374 e. The molecule has 0 bridgehead atoms. The van der Waals surface area contributed by atoms with Gasteiger partial charge in [-0.3, -0.25) is 0 Å². The number of imidazole rings is 1. The van der Waals surface area contributed by atoms with Gasteiger partial charge in [0.2, 0.25) is 0 Å². The predicted octanol–water partition coefficient (Wildman–Crippen LogP) is 2.87. The van der Waals surface area contributed by atoms with E-state index in [1.807, 2.05) is 6.20 Å². The Morgan fingerprint density at radius 1 is 1.50 bits per heavy atom. The number of hydrogen-bond acceptors (Lipinski definition) is 2. The lowest BCUT2D eigenvalue weighted by Gasteiger charge is -2.14. The molecule has 3 nitrogen and oxygen atoms in total. The van der Waals surface area contributed by atoms with E-state index in [2.05, 4.69) is 52.2 Å². The van der Waals surface area contributed by atoms with E-state index in [9.17, 15) is 0 Å². The molecule has 0 aliphatic rings. The average Bonchev–Trinajstić information content (AvgIpc) is 2.44. The van der Waals surface area contributed by atoms with Gasteiger partial charge in [-0.25, -0.2) is 4.98 Å². The summed E-state index contributed by atoms with van der Waals surface area (Å²) in [6.07, 6.45) is 1.82. The topological polar surface area (TPSA) is 37.9 Å². The zero-order valence-corrected chi connectivity index (χ0v) is 12.1. The molecular formula is C9H17IN2OSi. The Kier molecular flexibility index (Phi) is 4.59. The molecule has 1 aromatic rings. The maximum atomic E-state index is 5.55. The molecule has 0 saturated heterocycles. The number of nitrogens with one attached hydrogen (secondary N) is 1. The first kappa shape index (κ1) is 12.2. The summed E-state index contributed by atoms with van der Waals surface area (Å²) < 4.78 is 6.61. The van der Waals surface area contributed by atoms with Gasteiger partial charge in [0.25, 0.3) is 0 Å². The smallest absolute Gasteiger partial charge is 0.132 e. The van der Waals surface area contributed by atoms with Crippen molar-refractivity contribution in [2.45, 2.75) is 32.3 Å². The first-order chi connectivity index (χ1) is 6.47. The zero-order chi connectivity index (χ0) is 10.6. The van der Waals surface area contributed by atoms with Crippen LogP contribution in [-0.2, 0) is 11.3 Å². The van der Waals surface area contributed by atoms with Crippen molar-refractivity contribution >= 4 is 30.7 Å². The molecule has 0 atom stereocenters. The van der Waals surface area contributed by atoms with E-state index in [0.717, 1.165) is 16.1 Å². The highest BCUT2D eigenvalue weighted by atomic mass is 127. The molecule has 1 rings (SSSR count). The van der Waals surface area contributed by atoms with E-state index in [1.165, 1.54) is 6.04 Å². The Balaban J connectivity index is 2.16. The van der Waals surface area contributed by atoms with Gasteiger partial charge >= 0.3 is 0 Å². The Hall–Kier alpha value is 0.117. The van der Waals surface area contributed by atoms with Gasteiger partial charge in [0.05, 0.1) is 9.90 Å². The quantitative estimate of drug-likeness (QED) is 0.514. The number of rotatable bonds is 5. The van der Waals surface area contributed by atoms with Crippen LogP contribution in [0.15, 0.2) is 6.20 Å². The van der Waals surface area contributed by atoms with Crippen molar-refractivity contribution in [3.05, 3.63) is 15.7 Å². The van der Waals surface area contributed by atoms with Gasteiger partial charge in [-0.05, 0) is 28.6 Å².